The molecule has 140 valence electrons. The van der Waals surface area contributed by atoms with Crippen LogP contribution in [0.15, 0.2) is 78.9 Å². The molecule has 0 radical (unpaired) electrons. The summed E-state index contributed by atoms with van der Waals surface area (Å²) in [6.07, 6.45) is 0. The molecule has 0 saturated carbocycles. The second-order valence-corrected chi connectivity index (χ2v) is 6.80. The Kier molecular flexibility index (Phi) is 7.03. The smallest absolute Gasteiger partial charge is 0.124 e. The Balaban J connectivity index is 1.61. The van der Waals surface area contributed by atoms with Crippen LogP contribution in [0, 0.1) is 0 Å². The van der Waals surface area contributed by atoms with E-state index in [1.165, 1.54) is 22.3 Å². The van der Waals surface area contributed by atoms with E-state index < -0.39 is 0 Å². The van der Waals surface area contributed by atoms with Crippen molar-refractivity contribution in [2.24, 2.45) is 0 Å². The summed E-state index contributed by atoms with van der Waals surface area (Å²) in [6, 6.07) is 27.3. The maximum atomic E-state index is 6.13. The highest BCUT2D eigenvalue weighted by atomic mass is 16.5. The van der Waals surface area contributed by atoms with E-state index in [1.54, 1.807) is 0 Å². The van der Waals surface area contributed by atoms with Gasteiger partial charge >= 0.3 is 0 Å². The summed E-state index contributed by atoms with van der Waals surface area (Å²) in [5.41, 5.74) is 4.86. The van der Waals surface area contributed by atoms with Crippen LogP contribution in [0.5, 0.6) is 5.75 Å². The molecule has 3 nitrogen and oxygen atoms in total. The first-order valence-electron chi connectivity index (χ1n) is 9.44. The molecule has 0 saturated heterocycles. The van der Waals surface area contributed by atoms with Crippen LogP contribution in [0.1, 0.15) is 11.1 Å². The standard InChI is InChI=1S/C24H28N2O/c1-25-16-17-26(2)18-23-10-6-7-11-24(23)27-19-20-12-14-22(15-13-20)21-8-4-3-5-9-21/h3-15,25H,16-19H2,1-2H3. The summed E-state index contributed by atoms with van der Waals surface area (Å²) < 4.78 is 6.13. The average molecular weight is 361 g/mol. The molecule has 0 fully saturated rings. The van der Waals surface area contributed by atoms with E-state index in [2.05, 4.69) is 84.0 Å². The number of hydrogen-bond donors (Lipinski definition) is 1. The predicted octanol–water partition coefficient (Wildman–Crippen LogP) is 4.58. The minimum absolute atomic E-state index is 0.576. The van der Waals surface area contributed by atoms with E-state index in [4.69, 9.17) is 4.74 Å². The Morgan fingerprint density at radius 3 is 2.22 bits per heavy atom. The van der Waals surface area contributed by atoms with Crippen molar-refractivity contribution in [3.63, 3.8) is 0 Å². The van der Waals surface area contributed by atoms with Crippen molar-refractivity contribution in [3.05, 3.63) is 90.0 Å². The number of hydrogen-bond acceptors (Lipinski definition) is 3. The third-order valence-electron chi connectivity index (χ3n) is 4.61. The van der Waals surface area contributed by atoms with Crippen LogP contribution in [-0.2, 0) is 13.2 Å². The first-order chi connectivity index (χ1) is 13.3. The number of likely N-dealkylation sites (N-methyl/N-ethyl adjacent to an activating group) is 2. The lowest BCUT2D eigenvalue weighted by atomic mass is 10.0. The molecule has 0 unspecified atom stereocenters. The van der Waals surface area contributed by atoms with Crippen molar-refractivity contribution in [2.45, 2.75) is 13.2 Å². The quantitative estimate of drug-likeness (QED) is 0.604. The first kappa shape index (κ1) is 19.2. The third-order valence-corrected chi connectivity index (χ3v) is 4.61. The molecule has 27 heavy (non-hydrogen) atoms. The van der Waals surface area contributed by atoms with Gasteiger partial charge in [0.1, 0.15) is 12.4 Å². The molecule has 0 amide bonds. The van der Waals surface area contributed by atoms with E-state index in [1.807, 2.05) is 19.2 Å². The maximum absolute atomic E-state index is 6.13. The highest BCUT2D eigenvalue weighted by Crippen LogP contribution is 2.22. The number of ether oxygens (including phenoxy) is 1. The van der Waals surface area contributed by atoms with Gasteiger partial charge in [-0.15, -0.1) is 0 Å². The number of para-hydroxylation sites is 1. The Morgan fingerprint density at radius 2 is 1.48 bits per heavy atom. The number of rotatable bonds is 9. The van der Waals surface area contributed by atoms with Crippen LogP contribution in [0.25, 0.3) is 11.1 Å². The zero-order valence-corrected chi connectivity index (χ0v) is 16.2. The topological polar surface area (TPSA) is 24.5 Å². The van der Waals surface area contributed by atoms with Crippen LogP contribution in [0.2, 0.25) is 0 Å². The summed E-state index contributed by atoms with van der Waals surface area (Å²) >= 11 is 0. The third kappa shape index (κ3) is 5.68. The zero-order valence-electron chi connectivity index (χ0n) is 16.2. The molecule has 0 aliphatic heterocycles. The van der Waals surface area contributed by atoms with Crippen molar-refractivity contribution in [3.8, 4) is 16.9 Å². The van der Waals surface area contributed by atoms with E-state index in [0.717, 1.165) is 25.4 Å². The normalized spacial score (nSPS) is 10.9. The molecule has 1 N–H and O–H groups in total. The molecule has 0 aliphatic rings. The fourth-order valence-electron chi connectivity index (χ4n) is 3.03. The van der Waals surface area contributed by atoms with E-state index in [0.29, 0.717) is 6.61 Å². The fraction of sp³-hybridized carbons (Fsp3) is 0.250. The van der Waals surface area contributed by atoms with Gasteiger partial charge in [-0.1, -0.05) is 72.8 Å². The van der Waals surface area contributed by atoms with Gasteiger partial charge in [-0.3, -0.25) is 0 Å². The van der Waals surface area contributed by atoms with Crippen molar-refractivity contribution < 1.29 is 4.74 Å². The highest BCUT2D eigenvalue weighted by Gasteiger charge is 2.07. The van der Waals surface area contributed by atoms with Crippen LogP contribution >= 0.6 is 0 Å². The molecule has 3 heteroatoms. The van der Waals surface area contributed by atoms with Crippen LogP contribution in [0.4, 0.5) is 0 Å². The lowest BCUT2D eigenvalue weighted by molar-refractivity contribution is 0.285. The molecule has 0 aromatic heterocycles. The Hall–Kier alpha value is -2.62. The maximum Gasteiger partial charge on any atom is 0.124 e. The number of nitrogens with one attached hydrogen (secondary N) is 1. The predicted molar refractivity (Wildman–Crippen MR) is 113 cm³/mol. The molecule has 0 aliphatic carbocycles. The van der Waals surface area contributed by atoms with E-state index in [9.17, 15) is 0 Å². The van der Waals surface area contributed by atoms with E-state index >= 15 is 0 Å². The fourth-order valence-corrected chi connectivity index (χ4v) is 3.03. The minimum atomic E-state index is 0.576. The summed E-state index contributed by atoms with van der Waals surface area (Å²) in [5, 5.41) is 3.19. The molecule has 3 rings (SSSR count). The monoisotopic (exact) mass is 360 g/mol. The molecule has 3 aromatic rings. The average Bonchev–Trinajstić information content (AvgIpc) is 2.72. The van der Waals surface area contributed by atoms with Crippen molar-refractivity contribution in [1.29, 1.82) is 0 Å². The van der Waals surface area contributed by atoms with Gasteiger partial charge in [-0.05, 0) is 36.9 Å². The molecular formula is C24H28N2O. The molecule has 0 spiro atoms. The first-order valence-corrected chi connectivity index (χ1v) is 9.44. The van der Waals surface area contributed by atoms with Gasteiger partial charge in [0.15, 0.2) is 0 Å². The summed E-state index contributed by atoms with van der Waals surface area (Å²) in [7, 11) is 4.12. The van der Waals surface area contributed by atoms with Gasteiger partial charge in [0, 0.05) is 25.2 Å². The molecule has 3 aromatic carbocycles. The lowest BCUT2D eigenvalue weighted by Crippen LogP contribution is -2.27. The van der Waals surface area contributed by atoms with Crippen molar-refractivity contribution in [1.82, 2.24) is 10.2 Å². The summed E-state index contributed by atoms with van der Waals surface area (Å²) in [5.74, 6) is 0.959. The van der Waals surface area contributed by atoms with Gasteiger partial charge in [-0.25, -0.2) is 0 Å². The summed E-state index contributed by atoms with van der Waals surface area (Å²) in [4.78, 5) is 2.30. The summed E-state index contributed by atoms with van der Waals surface area (Å²) in [6.45, 7) is 3.44. The SMILES string of the molecule is CNCCN(C)Cc1ccccc1OCc1ccc(-c2ccccc2)cc1. The molecule has 0 atom stereocenters. The lowest BCUT2D eigenvalue weighted by Gasteiger charge is -2.19. The van der Waals surface area contributed by atoms with Gasteiger partial charge in [0.05, 0.1) is 0 Å². The van der Waals surface area contributed by atoms with Gasteiger partial charge in [-0.2, -0.15) is 0 Å². The van der Waals surface area contributed by atoms with Crippen molar-refractivity contribution >= 4 is 0 Å². The van der Waals surface area contributed by atoms with E-state index in [-0.39, 0.29) is 0 Å². The minimum Gasteiger partial charge on any atom is -0.489 e. The largest absolute Gasteiger partial charge is 0.489 e. The Morgan fingerprint density at radius 1 is 0.815 bits per heavy atom. The second-order valence-electron chi connectivity index (χ2n) is 6.80. The van der Waals surface area contributed by atoms with Crippen LogP contribution < -0.4 is 10.1 Å². The number of benzene rings is 3. The van der Waals surface area contributed by atoms with Crippen LogP contribution in [0.3, 0.4) is 0 Å². The molecule has 0 heterocycles. The number of nitrogens with zero attached hydrogens (tertiary/aromatic N) is 1. The highest BCUT2D eigenvalue weighted by molar-refractivity contribution is 5.63. The van der Waals surface area contributed by atoms with Crippen molar-refractivity contribution in [2.75, 3.05) is 27.2 Å². The second kappa shape index (κ2) is 9.91. The molecular weight excluding hydrogens is 332 g/mol. The Bertz CT molecular complexity index is 815. The zero-order chi connectivity index (χ0) is 18.9. The van der Waals surface area contributed by atoms with Gasteiger partial charge in [0.25, 0.3) is 0 Å². The van der Waals surface area contributed by atoms with Crippen LogP contribution in [-0.4, -0.2) is 32.1 Å². The molecule has 0 bridgehead atoms. The Labute approximate surface area is 162 Å². The van der Waals surface area contributed by atoms with Gasteiger partial charge < -0.3 is 15.0 Å². The van der Waals surface area contributed by atoms with Gasteiger partial charge in [0.2, 0.25) is 0 Å².